The zero-order chi connectivity index (χ0) is 21.5. The van der Waals surface area contributed by atoms with E-state index in [4.69, 9.17) is 9.15 Å². The van der Waals surface area contributed by atoms with Crippen molar-refractivity contribution in [3.05, 3.63) is 59.4 Å². The minimum atomic E-state index is -3.77. The molecular weight excluding hydrogens is 404 g/mol. The predicted molar refractivity (Wildman–Crippen MR) is 113 cm³/mol. The smallest absolute Gasteiger partial charge is 0.251 e. The first-order chi connectivity index (χ1) is 14.3. The number of para-hydroxylation sites is 1. The predicted octanol–water partition coefficient (Wildman–Crippen LogP) is 3.68. The molecule has 158 valence electrons. The molecule has 4 rings (SSSR count). The van der Waals surface area contributed by atoms with Crippen LogP contribution in [0.1, 0.15) is 47.5 Å². The van der Waals surface area contributed by atoms with Gasteiger partial charge < -0.3 is 14.5 Å². The van der Waals surface area contributed by atoms with Crippen LogP contribution in [-0.2, 0) is 10.0 Å². The van der Waals surface area contributed by atoms with Crippen LogP contribution < -0.4 is 14.8 Å². The van der Waals surface area contributed by atoms with E-state index in [1.165, 1.54) is 19.2 Å². The first kappa shape index (κ1) is 20.4. The fourth-order valence-corrected chi connectivity index (χ4v) is 4.96. The minimum absolute atomic E-state index is 0.0443. The minimum Gasteiger partial charge on any atom is -0.495 e. The van der Waals surface area contributed by atoms with E-state index in [0.29, 0.717) is 5.76 Å². The Kier molecular flexibility index (Phi) is 5.29. The maximum absolute atomic E-state index is 12.9. The number of sulfonamides is 1. The molecule has 0 saturated heterocycles. The van der Waals surface area contributed by atoms with Gasteiger partial charge in [0.05, 0.1) is 13.2 Å². The topological polar surface area (TPSA) is 97.6 Å². The van der Waals surface area contributed by atoms with Crippen LogP contribution in [0.15, 0.2) is 51.8 Å². The van der Waals surface area contributed by atoms with Crippen LogP contribution >= 0.6 is 0 Å². The standard InChI is InChI=1S/C22H24N2O5S/c1-13-17-6-4-5-7-18(17)29-21(13)14(2)23-22(25)15-8-11-19(28-3)20(12-15)30(26,27)24-16-9-10-16/h4-8,11-12,14,16,24H,9-10H2,1-3H3,(H,23,25). The zero-order valence-electron chi connectivity index (χ0n) is 17.1. The molecule has 1 saturated carbocycles. The summed E-state index contributed by atoms with van der Waals surface area (Å²) in [6.45, 7) is 3.78. The molecule has 2 aromatic carbocycles. The lowest BCUT2D eigenvalue weighted by Crippen LogP contribution is -2.28. The van der Waals surface area contributed by atoms with Gasteiger partial charge >= 0.3 is 0 Å². The van der Waals surface area contributed by atoms with E-state index in [9.17, 15) is 13.2 Å². The number of rotatable bonds is 7. The van der Waals surface area contributed by atoms with Gasteiger partial charge in [0.25, 0.3) is 5.91 Å². The number of fused-ring (bicyclic) bond motifs is 1. The molecule has 1 atom stereocenters. The summed E-state index contributed by atoms with van der Waals surface area (Å²) in [4.78, 5) is 12.8. The van der Waals surface area contributed by atoms with Crippen molar-refractivity contribution in [2.75, 3.05) is 7.11 Å². The molecule has 1 heterocycles. The molecule has 0 aliphatic heterocycles. The van der Waals surface area contributed by atoms with Crippen LogP contribution in [0.3, 0.4) is 0 Å². The average molecular weight is 429 g/mol. The third kappa shape index (κ3) is 3.93. The second kappa shape index (κ2) is 7.77. The average Bonchev–Trinajstić information content (AvgIpc) is 3.47. The molecule has 7 nitrogen and oxygen atoms in total. The van der Waals surface area contributed by atoms with Crippen molar-refractivity contribution in [3.8, 4) is 5.75 Å². The van der Waals surface area contributed by atoms with Crippen LogP contribution in [0.4, 0.5) is 0 Å². The van der Waals surface area contributed by atoms with Crippen LogP contribution in [0.5, 0.6) is 5.75 Å². The van der Waals surface area contributed by atoms with Crippen molar-refractivity contribution in [3.63, 3.8) is 0 Å². The van der Waals surface area contributed by atoms with E-state index in [1.807, 2.05) is 38.1 Å². The van der Waals surface area contributed by atoms with Crippen LogP contribution in [0.2, 0.25) is 0 Å². The number of carbonyl (C=O) groups is 1. The lowest BCUT2D eigenvalue weighted by atomic mass is 10.1. The maximum Gasteiger partial charge on any atom is 0.251 e. The Morgan fingerprint density at radius 2 is 1.93 bits per heavy atom. The van der Waals surface area contributed by atoms with Crippen LogP contribution in [0.25, 0.3) is 11.0 Å². The van der Waals surface area contributed by atoms with Crippen molar-refractivity contribution in [2.24, 2.45) is 0 Å². The van der Waals surface area contributed by atoms with Gasteiger partial charge in [-0.15, -0.1) is 0 Å². The number of hydrogen-bond acceptors (Lipinski definition) is 5. The van der Waals surface area contributed by atoms with Gasteiger partial charge in [0.2, 0.25) is 10.0 Å². The molecule has 1 aromatic heterocycles. The lowest BCUT2D eigenvalue weighted by Gasteiger charge is -2.15. The molecule has 1 aliphatic carbocycles. The van der Waals surface area contributed by atoms with Gasteiger partial charge in [-0.1, -0.05) is 18.2 Å². The fourth-order valence-electron chi connectivity index (χ4n) is 3.46. The first-order valence-corrected chi connectivity index (χ1v) is 11.3. The normalized spacial score (nSPS) is 15.2. The first-order valence-electron chi connectivity index (χ1n) is 9.79. The van der Waals surface area contributed by atoms with Gasteiger partial charge in [-0.2, -0.15) is 0 Å². The quantitative estimate of drug-likeness (QED) is 0.598. The highest BCUT2D eigenvalue weighted by molar-refractivity contribution is 7.89. The van der Waals surface area contributed by atoms with Crippen molar-refractivity contribution in [1.29, 1.82) is 0 Å². The molecule has 0 bridgehead atoms. The molecule has 0 radical (unpaired) electrons. The van der Waals surface area contributed by atoms with Gasteiger partial charge in [-0.25, -0.2) is 13.1 Å². The zero-order valence-corrected chi connectivity index (χ0v) is 17.9. The summed E-state index contributed by atoms with van der Waals surface area (Å²) in [5.74, 6) is 0.468. The maximum atomic E-state index is 12.9. The Hall–Kier alpha value is -2.84. The Bertz CT molecular complexity index is 1210. The number of nitrogens with one attached hydrogen (secondary N) is 2. The van der Waals surface area contributed by atoms with Crippen molar-refractivity contribution >= 4 is 26.9 Å². The monoisotopic (exact) mass is 428 g/mol. The number of hydrogen-bond donors (Lipinski definition) is 2. The second-order valence-electron chi connectivity index (χ2n) is 7.54. The summed E-state index contributed by atoms with van der Waals surface area (Å²) in [5, 5.41) is 3.89. The summed E-state index contributed by atoms with van der Waals surface area (Å²) in [6.07, 6.45) is 1.63. The Morgan fingerprint density at radius 3 is 2.60 bits per heavy atom. The molecule has 8 heteroatoms. The van der Waals surface area contributed by atoms with Gasteiger partial charge in [0, 0.05) is 22.6 Å². The molecule has 30 heavy (non-hydrogen) atoms. The molecule has 0 spiro atoms. The Labute approximate surface area is 175 Å². The van der Waals surface area contributed by atoms with Gasteiger partial charge in [-0.05, 0) is 51.0 Å². The van der Waals surface area contributed by atoms with E-state index in [2.05, 4.69) is 10.0 Å². The molecule has 2 N–H and O–H groups in total. The summed E-state index contributed by atoms with van der Waals surface area (Å²) >= 11 is 0. The number of amides is 1. The molecule has 3 aromatic rings. The number of aryl methyl sites for hydroxylation is 1. The lowest BCUT2D eigenvalue weighted by molar-refractivity contribution is 0.0935. The second-order valence-corrected chi connectivity index (χ2v) is 9.23. The number of furan rings is 1. The van der Waals surface area contributed by atoms with Crippen molar-refractivity contribution < 1.29 is 22.4 Å². The van der Waals surface area contributed by atoms with Gasteiger partial charge in [0.1, 0.15) is 22.0 Å². The Morgan fingerprint density at radius 1 is 1.20 bits per heavy atom. The van der Waals surface area contributed by atoms with Gasteiger partial charge in [-0.3, -0.25) is 4.79 Å². The summed E-state index contributed by atoms with van der Waals surface area (Å²) < 4.78 is 39.1. The number of methoxy groups -OCH3 is 1. The van der Waals surface area contributed by atoms with E-state index in [1.54, 1.807) is 6.07 Å². The highest BCUT2D eigenvalue weighted by Gasteiger charge is 2.30. The van der Waals surface area contributed by atoms with E-state index in [-0.39, 0.29) is 22.3 Å². The fraction of sp³-hybridized carbons (Fsp3) is 0.318. The summed E-state index contributed by atoms with van der Waals surface area (Å²) in [5.41, 5.74) is 1.95. The third-order valence-electron chi connectivity index (χ3n) is 5.24. The SMILES string of the molecule is COc1ccc(C(=O)NC(C)c2oc3ccccc3c2C)cc1S(=O)(=O)NC1CC1. The number of benzene rings is 2. The molecule has 1 aliphatic rings. The van der Waals surface area contributed by atoms with Crippen molar-refractivity contribution in [2.45, 2.75) is 43.7 Å². The molecular formula is C22H24N2O5S. The van der Waals surface area contributed by atoms with Crippen LogP contribution in [-0.4, -0.2) is 27.5 Å². The molecule has 1 amide bonds. The Balaban J connectivity index is 1.59. The van der Waals surface area contributed by atoms with E-state index >= 15 is 0 Å². The summed E-state index contributed by atoms with van der Waals surface area (Å²) in [6, 6.07) is 11.6. The van der Waals surface area contributed by atoms with E-state index in [0.717, 1.165) is 29.4 Å². The van der Waals surface area contributed by atoms with Crippen LogP contribution in [0, 0.1) is 6.92 Å². The molecule has 1 unspecified atom stereocenters. The number of carbonyl (C=O) groups excluding carboxylic acids is 1. The molecule has 1 fully saturated rings. The van der Waals surface area contributed by atoms with Gasteiger partial charge in [0.15, 0.2) is 0 Å². The summed E-state index contributed by atoms with van der Waals surface area (Å²) in [7, 11) is -2.37. The largest absolute Gasteiger partial charge is 0.495 e. The van der Waals surface area contributed by atoms with E-state index < -0.39 is 22.0 Å². The number of ether oxygens (including phenoxy) is 1. The highest BCUT2D eigenvalue weighted by Crippen LogP contribution is 2.31. The third-order valence-corrected chi connectivity index (χ3v) is 6.78. The highest BCUT2D eigenvalue weighted by atomic mass is 32.2. The van der Waals surface area contributed by atoms with Crippen molar-refractivity contribution in [1.82, 2.24) is 10.0 Å².